The van der Waals surface area contributed by atoms with E-state index in [0.717, 1.165) is 0 Å². The minimum atomic E-state index is -1.02. The van der Waals surface area contributed by atoms with Gasteiger partial charge in [0.05, 0.1) is 12.7 Å². The highest BCUT2D eigenvalue weighted by Crippen LogP contribution is 1.98. The monoisotopic (exact) mass is 296 g/mol. The topological polar surface area (TPSA) is 129 Å². The number of nitrogens with zero attached hydrogens (tertiary/aromatic N) is 4. The smallest absolute Gasteiger partial charge is 0.325 e. The first kappa shape index (κ1) is 14.8. The van der Waals surface area contributed by atoms with Gasteiger partial charge in [-0.15, -0.1) is 5.10 Å². The van der Waals surface area contributed by atoms with Crippen LogP contribution in [0, 0.1) is 0 Å². The van der Waals surface area contributed by atoms with E-state index in [0.29, 0.717) is 25.2 Å². The van der Waals surface area contributed by atoms with E-state index in [-0.39, 0.29) is 31.6 Å². The number of hydrogen-bond donors (Lipinski definition) is 3. The number of hydrogen-bond acceptors (Lipinski definition) is 5. The van der Waals surface area contributed by atoms with Crippen LogP contribution in [0.2, 0.25) is 0 Å². The first-order valence-electron chi connectivity index (χ1n) is 6.45. The number of amides is 3. The molecule has 2 rings (SSSR count). The molecule has 3 N–H and O–H groups in total. The van der Waals surface area contributed by atoms with E-state index in [4.69, 9.17) is 5.11 Å². The Labute approximate surface area is 120 Å². The largest absolute Gasteiger partial charge is 0.480 e. The van der Waals surface area contributed by atoms with Crippen molar-refractivity contribution < 1.29 is 19.5 Å². The molecule has 0 saturated carbocycles. The number of carbonyl (C=O) groups excluding carboxylic acids is 2. The molecule has 1 saturated heterocycles. The van der Waals surface area contributed by atoms with Crippen molar-refractivity contribution in [3.05, 3.63) is 11.9 Å². The number of carbonyl (C=O) groups is 3. The van der Waals surface area contributed by atoms with Gasteiger partial charge in [0.1, 0.15) is 18.8 Å². The van der Waals surface area contributed by atoms with Gasteiger partial charge in [-0.05, 0) is 6.42 Å². The normalized spacial score (nSPS) is 15.2. The summed E-state index contributed by atoms with van der Waals surface area (Å²) < 4.78 is 1.17. The van der Waals surface area contributed by atoms with Gasteiger partial charge in [0.15, 0.2) is 0 Å². The summed E-state index contributed by atoms with van der Waals surface area (Å²) in [5, 5.41) is 21.3. The average Bonchev–Trinajstić information content (AvgIpc) is 2.74. The number of aromatic nitrogens is 3. The summed E-state index contributed by atoms with van der Waals surface area (Å²) in [4.78, 5) is 35.2. The lowest BCUT2D eigenvalue weighted by Crippen LogP contribution is -2.43. The highest BCUT2D eigenvalue weighted by molar-refractivity contribution is 5.84. The van der Waals surface area contributed by atoms with Crippen LogP contribution in [0.5, 0.6) is 0 Å². The molecule has 1 aromatic rings. The zero-order valence-electron chi connectivity index (χ0n) is 11.3. The molecule has 1 fully saturated rings. The van der Waals surface area contributed by atoms with Gasteiger partial charge in [-0.2, -0.15) is 0 Å². The second-order valence-electron chi connectivity index (χ2n) is 4.58. The number of carboxylic acids is 1. The second-order valence-corrected chi connectivity index (χ2v) is 4.58. The van der Waals surface area contributed by atoms with Gasteiger partial charge in [0.2, 0.25) is 5.91 Å². The van der Waals surface area contributed by atoms with Crippen LogP contribution in [0.25, 0.3) is 0 Å². The number of rotatable bonds is 4. The minimum Gasteiger partial charge on any atom is -0.480 e. The van der Waals surface area contributed by atoms with E-state index in [2.05, 4.69) is 20.9 Å². The van der Waals surface area contributed by atoms with Crippen molar-refractivity contribution in [1.29, 1.82) is 0 Å². The quantitative estimate of drug-likeness (QED) is 0.613. The fourth-order valence-electron chi connectivity index (χ4n) is 1.89. The van der Waals surface area contributed by atoms with Crippen LogP contribution in [0.1, 0.15) is 12.1 Å². The Morgan fingerprint density at radius 3 is 3.05 bits per heavy atom. The van der Waals surface area contributed by atoms with Gasteiger partial charge in [0.25, 0.3) is 0 Å². The molecule has 0 spiro atoms. The van der Waals surface area contributed by atoms with Crippen molar-refractivity contribution in [2.24, 2.45) is 0 Å². The Morgan fingerprint density at radius 2 is 2.29 bits per heavy atom. The van der Waals surface area contributed by atoms with Crippen LogP contribution < -0.4 is 10.6 Å². The van der Waals surface area contributed by atoms with Gasteiger partial charge in [-0.3, -0.25) is 9.59 Å². The zero-order valence-corrected chi connectivity index (χ0v) is 11.3. The van der Waals surface area contributed by atoms with Gasteiger partial charge in [0, 0.05) is 13.1 Å². The Hall–Kier alpha value is -2.65. The van der Waals surface area contributed by atoms with E-state index in [1.165, 1.54) is 15.8 Å². The summed E-state index contributed by atoms with van der Waals surface area (Å²) in [6.45, 7) is 0.920. The van der Waals surface area contributed by atoms with Gasteiger partial charge in [-0.25, -0.2) is 9.48 Å². The van der Waals surface area contributed by atoms with E-state index in [1.54, 1.807) is 0 Å². The summed E-state index contributed by atoms with van der Waals surface area (Å²) in [6.07, 6.45) is 2.15. The predicted molar refractivity (Wildman–Crippen MR) is 69.1 cm³/mol. The lowest BCUT2D eigenvalue weighted by Gasteiger charge is -2.19. The minimum absolute atomic E-state index is 0.0253. The lowest BCUT2D eigenvalue weighted by atomic mass is 10.4. The van der Waals surface area contributed by atoms with Crippen LogP contribution in [0.15, 0.2) is 6.20 Å². The first-order valence-corrected chi connectivity index (χ1v) is 6.45. The van der Waals surface area contributed by atoms with E-state index in [9.17, 15) is 14.4 Å². The summed E-state index contributed by atoms with van der Waals surface area (Å²) in [5.74, 6) is -1.21. The van der Waals surface area contributed by atoms with Crippen LogP contribution in [0.4, 0.5) is 4.79 Å². The summed E-state index contributed by atoms with van der Waals surface area (Å²) in [7, 11) is 0. The zero-order chi connectivity index (χ0) is 15.2. The fraction of sp³-hybridized carbons (Fsp3) is 0.545. The van der Waals surface area contributed by atoms with Crippen molar-refractivity contribution in [1.82, 2.24) is 30.5 Å². The maximum Gasteiger partial charge on any atom is 0.325 e. The van der Waals surface area contributed by atoms with Crippen molar-refractivity contribution in [3.8, 4) is 0 Å². The number of urea groups is 1. The standard InChI is InChI=1S/C11H16N6O4/c18-9-6-16(3-1-2-12-9)11(21)13-4-8-5-17(15-14-8)7-10(19)20/h5H,1-4,6-7H2,(H,12,18)(H,13,21)(H,19,20). The van der Waals surface area contributed by atoms with Crippen LogP contribution in [0.3, 0.4) is 0 Å². The Morgan fingerprint density at radius 1 is 1.48 bits per heavy atom. The summed E-state index contributed by atoms with van der Waals surface area (Å²) in [6, 6.07) is -0.361. The molecule has 0 atom stereocenters. The second kappa shape index (κ2) is 6.68. The first-order chi connectivity index (χ1) is 10.0. The lowest BCUT2D eigenvalue weighted by molar-refractivity contribution is -0.137. The Kier molecular flexibility index (Phi) is 4.69. The Balaban J connectivity index is 1.84. The van der Waals surface area contributed by atoms with E-state index in [1.807, 2.05) is 0 Å². The van der Waals surface area contributed by atoms with Crippen molar-refractivity contribution in [2.75, 3.05) is 19.6 Å². The molecule has 1 aromatic heterocycles. The van der Waals surface area contributed by atoms with Gasteiger partial charge >= 0.3 is 12.0 Å². The van der Waals surface area contributed by atoms with Crippen LogP contribution in [-0.2, 0) is 22.7 Å². The maximum absolute atomic E-state index is 11.9. The molecule has 1 aliphatic heterocycles. The van der Waals surface area contributed by atoms with Crippen LogP contribution in [-0.4, -0.2) is 62.5 Å². The van der Waals surface area contributed by atoms with E-state index >= 15 is 0 Å². The van der Waals surface area contributed by atoms with Crippen molar-refractivity contribution >= 4 is 17.9 Å². The Bertz CT molecular complexity index is 543. The molecule has 114 valence electrons. The van der Waals surface area contributed by atoms with Gasteiger partial charge < -0.3 is 20.6 Å². The molecule has 0 aliphatic carbocycles. The third kappa shape index (κ3) is 4.44. The molecule has 2 heterocycles. The third-order valence-corrected chi connectivity index (χ3v) is 2.85. The third-order valence-electron chi connectivity index (χ3n) is 2.85. The highest BCUT2D eigenvalue weighted by atomic mass is 16.4. The molecule has 3 amide bonds. The number of aliphatic carboxylic acids is 1. The van der Waals surface area contributed by atoms with Crippen LogP contribution >= 0.6 is 0 Å². The predicted octanol–water partition coefficient (Wildman–Crippen LogP) is -1.61. The molecule has 10 heteroatoms. The fourth-order valence-corrected chi connectivity index (χ4v) is 1.89. The number of carboxylic acid groups (broad SMARTS) is 1. The maximum atomic E-state index is 11.9. The molecule has 0 aromatic carbocycles. The summed E-state index contributed by atoms with van der Waals surface area (Å²) in [5.41, 5.74) is 0.448. The molecule has 0 bridgehead atoms. The number of nitrogens with one attached hydrogen (secondary N) is 2. The average molecular weight is 296 g/mol. The molecule has 0 unspecified atom stereocenters. The van der Waals surface area contributed by atoms with Crippen molar-refractivity contribution in [3.63, 3.8) is 0 Å². The molecule has 0 radical (unpaired) electrons. The molecule has 10 nitrogen and oxygen atoms in total. The molecule has 21 heavy (non-hydrogen) atoms. The molecular weight excluding hydrogens is 280 g/mol. The molecular formula is C11H16N6O4. The SMILES string of the molecule is O=C(O)Cn1cc(CNC(=O)N2CCCNC(=O)C2)nn1. The summed E-state index contributed by atoms with van der Waals surface area (Å²) >= 11 is 0. The van der Waals surface area contributed by atoms with Crippen molar-refractivity contribution in [2.45, 2.75) is 19.5 Å². The molecule has 1 aliphatic rings. The highest BCUT2D eigenvalue weighted by Gasteiger charge is 2.19. The van der Waals surface area contributed by atoms with Gasteiger partial charge in [-0.1, -0.05) is 5.21 Å². The van der Waals surface area contributed by atoms with E-state index < -0.39 is 5.97 Å².